The first-order chi connectivity index (χ1) is 8.27. The summed E-state index contributed by atoms with van der Waals surface area (Å²) in [5.41, 5.74) is 3.16. The van der Waals surface area contributed by atoms with Crippen molar-refractivity contribution in [1.29, 1.82) is 0 Å². The van der Waals surface area contributed by atoms with E-state index in [1.807, 2.05) is 38.4 Å². The van der Waals surface area contributed by atoms with E-state index in [2.05, 4.69) is 22.3 Å². The predicted molar refractivity (Wildman–Crippen MR) is 66.7 cm³/mol. The molecule has 0 aliphatic heterocycles. The number of hydrogen-bond donors (Lipinski definition) is 0. The summed E-state index contributed by atoms with van der Waals surface area (Å²) in [5, 5.41) is 6.32. The summed E-state index contributed by atoms with van der Waals surface area (Å²) in [4.78, 5) is 4.14. The maximum Gasteiger partial charge on any atom is 0.141 e. The van der Waals surface area contributed by atoms with Crippen molar-refractivity contribution < 1.29 is 4.52 Å². The second kappa shape index (κ2) is 3.70. The van der Waals surface area contributed by atoms with Crippen molar-refractivity contribution >= 4 is 10.8 Å². The summed E-state index contributed by atoms with van der Waals surface area (Å²) >= 11 is 0. The van der Waals surface area contributed by atoms with Gasteiger partial charge in [0.1, 0.15) is 5.76 Å². The highest BCUT2D eigenvalue weighted by molar-refractivity contribution is 5.96. The number of hydrogen-bond acceptors (Lipinski definition) is 3. The van der Waals surface area contributed by atoms with Gasteiger partial charge in [0.15, 0.2) is 0 Å². The van der Waals surface area contributed by atoms with Crippen LogP contribution in [0.2, 0.25) is 0 Å². The molecule has 3 nitrogen and oxygen atoms in total. The smallest absolute Gasteiger partial charge is 0.141 e. The number of fused-ring (bicyclic) bond motifs is 1. The summed E-state index contributed by atoms with van der Waals surface area (Å²) in [5.74, 6) is 0.854. The molecule has 0 spiro atoms. The van der Waals surface area contributed by atoms with Crippen LogP contribution in [-0.4, -0.2) is 10.1 Å². The minimum absolute atomic E-state index is 0.854. The molecule has 0 unspecified atom stereocenters. The van der Waals surface area contributed by atoms with E-state index in [9.17, 15) is 0 Å². The lowest BCUT2D eigenvalue weighted by Gasteiger charge is -2.05. The van der Waals surface area contributed by atoms with Crippen LogP contribution in [0.4, 0.5) is 0 Å². The Hall–Kier alpha value is -2.16. The Bertz CT molecular complexity index is 661. The molecule has 0 fully saturated rings. The zero-order valence-corrected chi connectivity index (χ0v) is 9.77. The van der Waals surface area contributed by atoms with Crippen molar-refractivity contribution in [2.24, 2.45) is 0 Å². The molecule has 3 aromatic rings. The molecule has 0 saturated carbocycles. The number of rotatable bonds is 1. The van der Waals surface area contributed by atoms with Gasteiger partial charge in [-0.2, -0.15) is 0 Å². The van der Waals surface area contributed by atoms with Gasteiger partial charge >= 0.3 is 0 Å². The van der Waals surface area contributed by atoms with Crippen LogP contribution in [0.1, 0.15) is 11.5 Å². The van der Waals surface area contributed by atoms with Crippen LogP contribution in [0.15, 0.2) is 41.2 Å². The van der Waals surface area contributed by atoms with Crippen LogP contribution >= 0.6 is 0 Å². The Kier molecular flexibility index (Phi) is 2.18. The van der Waals surface area contributed by atoms with E-state index in [0.717, 1.165) is 28.0 Å². The highest BCUT2D eigenvalue weighted by atomic mass is 16.5. The Morgan fingerprint density at radius 3 is 2.76 bits per heavy atom. The molecular formula is C14H12N2O. The van der Waals surface area contributed by atoms with E-state index in [4.69, 9.17) is 4.52 Å². The van der Waals surface area contributed by atoms with E-state index in [0.29, 0.717) is 0 Å². The third-order valence-electron chi connectivity index (χ3n) is 2.98. The molecule has 0 aliphatic rings. The van der Waals surface area contributed by atoms with Crippen molar-refractivity contribution in [3.05, 3.63) is 48.1 Å². The topological polar surface area (TPSA) is 38.9 Å². The van der Waals surface area contributed by atoms with Gasteiger partial charge in [0.25, 0.3) is 0 Å². The summed E-state index contributed by atoms with van der Waals surface area (Å²) in [6.45, 7) is 3.90. The van der Waals surface area contributed by atoms with Crippen molar-refractivity contribution in [2.45, 2.75) is 13.8 Å². The average molecular weight is 224 g/mol. The maximum absolute atomic E-state index is 5.23. The fraction of sp³-hybridized carbons (Fsp3) is 0.143. The zero-order chi connectivity index (χ0) is 11.8. The van der Waals surface area contributed by atoms with Gasteiger partial charge in [-0.1, -0.05) is 23.4 Å². The molecule has 0 N–H and O–H groups in total. The fourth-order valence-corrected chi connectivity index (χ4v) is 2.21. The SMILES string of the molecule is Cc1noc(C)c1-c1cccc2cnccc12. The van der Waals surface area contributed by atoms with E-state index in [1.54, 1.807) is 0 Å². The molecule has 0 bridgehead atoms. The van der Waals surface area contributed by atoms with Gasteiger partial charge in [0, 0.05) is 23.3 Å². The molecule has 0 saturated heterocycles. The van der Waals surface area contributed by atoms with Crippen molar-refractivity contribution in [3.63, 3.8) is 0 Å². The summed E-state index contributed by atoms with van der Waals surface area (Å²) in [7, 11) is 0. The molecule has 1 aromatic carbocycles. The van der Waals surface area contributed by atoms with Crippen molar-refractivity contribution in [2.75, 3.05) is 0 Å². The monoisotopic (exact) mass is 224 g/mol. The highest BCUT2D eigenvalue weighted by Gasteiger charge is 2.13. The average Bonchev–Trinajstić information content (AvgIpc) is 2.69. The largest absolute Gasteiger partial charge is 0.361 e. The molecule has 84 valence electrons. The third-order valence-corrected chi connectivity index (χ3v) is 2.98. The second-order valence-electron chi connectivity index (χ2n) is 4.10. The summed E-state index contributed by atoms with van der Waals surface area (Å²) in [6.07, 6.45) is 3.68. The van der Waals surface area contributed by atoms with Crippen LogP contribution in [0.5, 0.6) is 0 Å². The molecule has 2 heterocycles. The minimum atomic E-state index is 0.854. The van der Waals surface area contributed by atoms with Gasteiger partial charge < -0.3 is 4.52 Å². The van der Waals surface area contributed by atoms with Gasteiger partial charge in [-0.3, -0.25) is 4.98 Å². The maximum atomic E-state index is 5.23. The van der Waals surface area contributed by atoms with Crippen LogP contribution in [-0.2, 0) is 0 Å². The Morgan fingerprint density at radius 1 is 1.12 bits per heavy atom. The zero-order valence-electron chi connectivity index (χ0n) is 9.77. The molecule has 3 rings (SSSR count). The van der Waals surface area contributed by atoms with Crippen LogP contribution in [0.3, 0.4) is 0 Å². The number of nitrogens with zero attached hydrogens (tertiary/aromatic N) is 2. The van der Waals surface area contributed by atoms with E-state index in [-0.39, 0.29) is 0 Å². The van der Waals surface area contributed by atoms with E-state index < -0.39 is 0 Å². The molecule has 17 heavy (non-hydrogen) atoms. The Morgan fingerprint density at radius 2 is 2.00 bits per heavy atom. The second-order valence-corrected chi connectivity index (χ2v) is 4.10. The van der Waals surface area contributed by atoms with Crippen LogP contribution in [0.25, 0.3) is 21.9 Å². The predicted octanol–water partition coefficient (Wildman–Crippen LogP) is 3.51. The van der Waals surface area contributed by atoms with Crippen LogP contribution in [0, 0.1) is 13.8 Å². The molecule has 0 atom stereocenters. The first-order valence-electron chi connectivity index (χ1n) is 5.53. The van der Waals surface area contributed by atoms with Crippen LogP contribution < -0.4 is 0 Å². The Balaban J connectivity index is 2.38. The van der Waals surface area contributed by atoms with Gasteiger partial charge in [0.05, 0.1) is 5.69 Å². The lowest BCUT2D eigenvalue weighted by molar-refractivity contribution is 0.393. The first-order valence-corrected chi connectivity index (χ1v) is 5.53. The standard InChI is InChI=1S/C14H12N2O/c1-9-14(10(2)17-16-9)13-5-3-4-11-8-15-7-6-12(11)13/h3-8H,1-2H3. The fourth-order valence-electron chi connectivity index (χ4n) is 2.21. The summed E-state index contributed by atoms with van der Waals surface area (Å²) in [6, 6.07) is 8.21. The lowest BCUT2D eigenvalue weighted by atomic mass is 9.98. The molecular weight excluding hydrogens is 212 g/mol. The number of benzene rings is 1. The summed E-state index contributed by atoms with van der Waals surface area (Å²) < 4.78 is 5.23. The van der Waals surface area contributed by atoms with Gasteiger partial charge in [-0.15, -0.1) is 0 Å². The molecule has 0 radical (unpaired) electrons. The number of aromatic nitrogens is 2. The number of pyridine rings is 1. The van der Waals surface area contributed by atoms with Gasteiger partial charge in [-0.25, -0.2) is 0 Å². The van der Waals surface area contributed by atoms with E-state index >= 15 is 0 Å². The number of aryl methyl sites for hydroxylation is 2. The Labute approximate surface area is 99.1 Å². The van der Waals surface area contributed by atoms with Crippen molar-refractivity contribution in [1.82, 2.24) is 10.1 Å². The van der Waals surface area contributed by atoms with E-state index in [1.165, 1.54) is 5.39 Å². The molecule has 2 aromatic heterocycles. The highest BCUT2D eigenvalue weighted by Crippen LogP contribution is 2.32. The van der Waals surface area contributed by atoms with Gasteiger partial charge in [-0.05, 0) is 30.9 Å². The molecule has 0 aliphatic carbocycles. The lowest BCUT2D eigenvalue weighted by Crippen LogP contribution is -1.85. The van der Waals surface area contributed by atoms with Gasteiger partial charge in [0.2, 0.25) is 0 Å². The quantitative estimate of drug-likeness (QED) is 0.635. The third kappa shape index (κ3) is 1.51. The minimum Gasteiger partial charge on any atom is -0.361 e. The van der Waals surface area contributed by atoms with Crippen molar-refractivity contribution in [3.8, 4) is 11.1 Å². The molecule has 0 amide bonds. The molecule has 3 heteroatoms. The normalized spacial score (nSPS) is 10.9. The first kappa shape index (κ1) is 10.0.